The summed E-state index contributed by atoms with van der Waals surface area (Å²) in [5.41, 5.74) is 0.933. The smallest absolute Gasteiger partial charge is 0.240 e. The van der Waals surface area contributed by atoms with Crippen LogP contribution in [0.4, 0.5) is 5.13 Å². The fourth-order valence-corrected chi connectivity index (χ4v) is 3.03. The van der Waals surface area contributed by atoms with Crippen molar-refractivity contribution in [2.45, 2.75) is 13.5 Å². The highest BCUT2D eigenvalue weighted by Gasteiger charge is 2.09. The van der Waals surface area contributed by atoms with Gasteiger partial charge in [-0.3, -0.25) is 9.69 Å². The van der Waals surface area contributed by atoms with Gasteiger partial charge in [0.1, 0.15) is 0 Å². The minimum absolute atomic E-state index is 0.0246. The zero-order valence-corrected chi connectivity index (χ0v) is 12.0. The summed E-state index contributed by atoms with van der Waals surface area (Å²) in [6.45, 7) is 3.08. The van der Waals surface area contributed by atoms with Gasteiger partial charge < -0.3 is 5.32 Å². The molecule has 0 aliphatic carbocycles. The highest BCUT2D eigenvalue weighted by atomic mass is 32.1. The number of likely N-dealkylation sites (N-methyl/N-ethyl adjacent to an activating group) is 1. The van der Waals surface area contributed by atoms with Crippen LogP contribution in [0, 0.1) is 6.92 Å². The van der Waals surface area contributed by atoms with Crippen molar-refractivity contribution < 1.29 is 4.79 Å². The highest BCUT2D eigenvalue weighted by molar-refractivity contribution is 7.13. The SMILES string of the molecule is Cc1csc(NC(=O)CN(C)Cc2cccs2)n1. The van der Waals surface area contributed by atoms with Crippen molar-refractivity contribution >= 4 is 33.7 Å². The topological polar surface area (TPSA) is 45.2 Å². The third kappa shape index (κ3) is 3.90. The monoisotopic (exact) mass is 281 g/mol. The van der Waals surface area contributed by atoms with E-state index in [2.05, 4.69) is 16.4 Å². The number of hydrogen-bond donors (Lipinski definition) is 1. The Balaban J connectivity index is 1.80. The number of hydrogen-bond acceptors (Lipinski definition) is 5. The van der Waals surface area contributed by atoms with Crippen LogP contribution in [-0.2, 0) is 11.3 Å². The lowest BCUT2D eigenvalue weighted by Gasteiger charge is -2.14. The molecule has 0 spiro atoms. The molecule has 4 nitrogen and oxygen atoms in total. The lowest BCUT2D eigenvalue weighted by molar-refractivity contribution is -0.117. The minimum Gasteiger partial charge on any atom is -0.301 e. The number of nitrogens with zero attached hydrogens (tertiary/aromatic N) is 2. The first-order valence-electron chi connectivity index (χ1n) is 5.56. The molecule has 2 aromatic rings. The fourth-order valence-electron chi connectivity index (χ4n) is 1.54. The van der Waals surface area contributed by atoms with E-state index in [1.165, 1.54) is 16.2 Å². The average Bonchev–Trinajstić information content (AvgIpc) is 2.90. The summed E-state index contributed by atoms with van der Waals surface area (Å²) in [4.78, 5) is 19.2. The van der Waals surface area contributed by atoms with Gasteiger partial charge in [0.2, 0.25) is 5.91 Å². The Morgan fingerprint density at radius 1 is 1.50 bits per heavy atom. The summed E-state index contributed by atoms with van der Waals surface area (Å²) in [5, 5.41) is 7.44. The van der Waals surface area contributed by atoms with Crippen molar-refractivity contribution in [3.63, 3.8) is 0 Å². The standard InChI is InChI=1S/C12H15N3OS2/c1-9-8-18-12(13-9)14-11(16)7-15(2)6-10-4-3-5-17-10/h3-5,8H,6-7H2,1-2H3,(H,13,14,16). The minimum atomic E-state index is -0.0246. The number of rotatable bonds is 5. The molecule has 0 bridgehead atoms. The van der Waals surface area contributed by atoms with Crippen LogP contribution < -0.4 is 5.32 Å². The van der Waals surface area contributed by atoms with E-state index in [-0.39, 0.29) is 5.91 Å². The number of amides is 1. The number of aryl methyl sites for hydroxylation is 1. The molecule has 0 aliphatic heterocycles. The number of thiophene rings is 1. The van der Waals surface area contributed by atoms with Crippen molar-refractivity contribution in [2.75, 3.05) is 18.9 Å². The first-order chi connectivity index (χ1) is 8.63. The van der Waals surface area contributed by atoms with Gasteiger partial charge in [-0.15, -0.1) is 22.7 Å². The van der Waals surface area contributed by atoms with E-state index in [4.69, 9.17) is 0 Å². The van der Waals surface area contributed by atoms with E-state index in [1.54, 1.807) is 11.3 Å². The van der Waals surface area contributed by atoms with E-state index >= 15 is 0 Å². The molecule has 96 valence electrons. The van der Waals surface area contributed by atoms with Gasteiger partial charge in [0.05, 0.1) is 12.2 Å². The van der Waals surface area contributed by atoms with Crippen LogP contribution in [0.5, 0.6) is 0 Å². The van der Waals surface area contributed by atoms with Gasteiger partial charge in [0.15, 0.2) is 5.13 Å². The third-order valence-electron chi connectivity index (χ3n) is 2.28. The van der Waals surface area contributed by atoms with Crippen LogP contribution in [0.1, 0.15) is 10.6 Å². The van der Waals surface area contributed by atoms with E-state index in [9.17, 15) is 4.79 Å². The molecule has 0 saturated heterocycles. The van der Waals surface area contributed by atoms with Crippen LogP contribution in [0.2, 0.25) is 0 Å². The Bertz CT molecular complexity index is 507. The average molecular weight is 281 g/mol. The number of nitrogens with one attached hydrogen (secondary N) is 1. The first kappa shape index (κ1) is 13.2. The number of carbonyl (C=O) groups is 1. The quantitative estimate of drug-likeness (QED) is 0.916. The maximum atomic E-state index is 11.8. The molecule has 2 heterocycles. The molecule has 18 heavy (non-hydrogen) atoms. The Kier molecular flexibility index (Phi) is 4.46. The second-order valence-corrected chi connectivity index (χ2v) is 5.98. The van der Waals surface area contributed by atoms with E-state index in [1.807, 2.05) is 35.7 Å². The molecular weight excluding hydrogens is 266 g/mol. The second-order valence-electron chi connectivity index (χ2n) is 4.09. The molecule has 0 saturated carbocycles. The van der Waals surface area contributed by atoms with Gasteiger partial charge in [0.25, 0.3) is 0 Å². The number of anilines is 1. The predicted molar refractivity (Wildman–Crippen MR) is 76.1 cm³/mol. The molecule has 0 aliphatic rings. The zero-order chi connectivity index (χ0) is 13.0. The van der Waals surface area contributed by atoms with Crippen LogP contribution in [-0.4, -0.2) is 29.4 Å². The number of carbonyl (C=O) groups excluding carboxylic acids is 1. The molecule has 1 amide bonds. The Hall–Kier alpha value is -1.24. The zero-order valence-electron chi connectivity index (χ0n) is 10.3. The largest absolute Gasteiger partial charge is 0.301 e. The summed E-state index contributed by atoms with van der Waals surface area (Å²) in [6.07, 6.45) is 0. The lowest BCUT2D eigenvalue weighted by Crippen LogP contribution is -2.29. The van der Waals surface area contributed by atoms with Gasteiger partial charge >= 0.3 is 0 Å². The van der Waals surface area contributed by atoms with E-state index in [0.717, 1.165) is 12.2 Å². The van der Waals surface area contributed by atoms with Crippen LogP contribution in [0.25, 0.3) is 0 Å². The fraction of sp³-hybridized carbons (Fsp3) is 0.333. The van der Waals surface area contributed by atoms with Crippen molar-refractivity contribution in [2.24, 2.45) is 0 Å². The van der Waals surface area contributed by atoms with Crippen LogP contribution >= 0.6 is 22.7 Å². The summed E-state index contributed by atoms with van der Waals surface area (Å²) in [5.74, 6) is -0.0246. The van der Waals surface area contributed by atoms with Crippen LogP contribution in [0.3, 0.4) is 0 Å². The third-order valence-corrected chi connectivity index (χ3v) is 4.02. The molecule has 0 atom stereocenters. The lowest BCUT2D eigenvalue weighted by atomic mass is 10.4. The van der Waals surface area contributed by atoms with Gasteiger partial charge in [-0.2, -0.15) is 0 Å². The van der Waals surface area contributed by atoms with Crippen molar-refractivity contribution in [1.29, 1.82) is 0 Å². The normalized spacial score (nSPS) is 10.8. The summed E-state index contributed by atoms with van der Waals surface area (Å²) < 4.78 is 0. The first-order valence-corrected chi connectivity index (χ1v) is 7.32. The van der Waals surface area contributed by atoms with Crippen molar-refractivity contribution in [1.82, 2.24) is 9.88 Å². The molecular formula is C12H15N3OS2. The Labute approximate surface area is 114 Å². The Morgan fingerprint density at radius 3 is 2.94 bits per heavy atom. The molecule has 2 aromatic heterocycles. The highest BCUT2D eigenvalue weighted by Crippen LogP contribution is 2.14. The van der Waals surface area contributed by atoms with Crippen LogP contribution in [0.15, 0.2) is 22.9 Å². The molecule has 0 aromatic carbocycles. The molecule has 0 radical (unpaired) electrons. The molecule has 2 rings (SSSR count). The van der Waals surface area contributed by atoms with Gasteiger partial charge in [-0.1, -0.05) is 6.07 Å². The number of aromatic nitrogens is 1. The predicted octanol–water partition coefficient (Wildman–Crippen LogP) is 2.58. The van der Waals surface area contributed by atoms with Gasteiger partial charge in [-0.25, -0.2) is 4.98 Å². The van der Waals surface area contributed by atoms with Gasteiger partial charge in [-0.05, 0) is 25.4 Å². The van der Waals surface area contributed by atoms with Crippen molar-refractivity contribution in [3.05, 3.63) is 33.5 Å². The maximum absolute atomic E-state index is 11.8. The molecule has 1 N–H and O–H groups in total. The molecule has 0 unspecified atom stereocenters. The second kappa shape index (κ2) is 6.08. The summed E-state index contributed by atoms with van der Waals surface area (Å²) >= 11 is 3.15. The van der Waals surface area contributed by atoms with Crippen molar-refractivity contribution in [3.8, 4) is 0 Å². The van der Waals surface area contributed by atoms with Gasteiger partial charge in [0, 0.05) is 16.8 Å². The summed E-state index contributed by atoms with van der Waals surface area (Å²) in [7, 11) is 1.94. The molecule has 0 fully saturated rings. The maximum Gasteiger partial charge on any atom is 0.240 e. The van der Waals surface area contributed by atoms with E-state index < -0.39 is 0 Å². The Morgan fingerprint density at radius 2 is 2.33 bits per heavy atom. The van der Waals surface area contributed by atoms with E-state index in [0.29, 0.717) is 11.7 Å². The summed E-state index contributed by atoms with van der Waals surface area (Å²) in [6, 6.07) is 4.09. The number of thiazole rings is 1. The molecule has 6 heteroatoms.